The van der Waals surface area contributed by atoms with Gasteiger partial charge < -0.3 is 14.8 Å². The Morgan fingerprint density at radius 3 is 2.90 bits per heavy atom. The molecule has 1 aliphatic heterocycles. The normalized spacial score (nSPS) is 17.2. The largest absolute Gasteiger partial charge is 0.487 e. The predicted molar refractivity (Wildman–Crippen MR) is 77.9 cm³/mol. The molecule has 2 rings (SSSR count). The third-order valence-electron chi connectivity index (χ3n) is 3.55. The van der Waals surface area contributed by atoms with Gasteiger partial charge in [0, 0.05) is 18.0 Å². The van der Waals surface area contributed by atoms with Crippen LogP contribution in [0.4, 0.5) is 0 Å². The van der Waals surface area contributed by atoms with Crippen LogP contribution in [0, 0.1) is 0 Å². The van der Waals surface area contributed by atoms with Gasteiger partial charge in [0.1, 0.15) is 11.4 Å². The van der Waals surface area contributed by atoms with E-state index in [0.717, 1.165) is 24.3 Å². The van der Waals surface area contributed by atoms with Crippen LogP contribution in [0.5, 0.6) is 5.75 Å². The van der Waals surface area contributed by atoms with Crippen molar-refractivity contribution >= 4 is 5.97 Å². The van der Waals surface area contributed by atoms with E-state index in [9.17, 15) is 4.79 Å². The second kappa shape index (κ2) is 5.83. The fourth-order valence-electron chi connectivity index (χ4n) is 2.70. The van der Waals surface area contributed by atoms with E-state index in [1.165, 1.54) is 12.7 Å². The minimum absolute atomic E-state index is 0.0729. The maximum absolute atomic E-state index is 11.6. The molecule has 0 radical (unpaired) electrons. The highest BCUT2D eigenvalue weighted by atomic mass is 16.5. The molecule has 0 aromatic heterocycles. The molecule has 0 amide bonds. The van der Waals surface area contributed by atoms with Crippen LogP contribution in [0.1, 0.15) is 44.4 Å². The highest BCUT2D eigenvalue weighted by molar-refractivity contribution is 5.70. The van der Waals surface area contributed by atoms with Gasteiger partial charge in [-0.05, 0) is 26.0 Å². The van der Waals surface area contributed by atoms with E-state index in [4.69, 9.17) is 9.47 Å². The molecule has 1 unspecified atom stereocenters. The molecular weight excluding hydrogens is 254 g/mol. The van der Waals surface area contributed by atoms with E-state index in [1.807, 2.05) is 19.1 Å². The summed E-state index contributed by atoms with van der Waals surface area (Å²) in [6, 6.07) is 6.07. The van der Waals surface area contributed by atoms with Gasteiger partial charge in [-0.25, -0.2) is 0 Å². The second-order valence-electron chi connectivity index (χ2n) is 5.76. The summed E-state index contributed by atoms with van der Waals surface area (Å²) in [6.07, 6.45) is 1.21. The first-order valence-electron chi connectivity index (χ1n) is 7.08. The van der Waals surface area contributed by atoms with Gasteiger partial charge in [0.05, 0.1) is 13.5 Å². The average Bonchev–Trinajstić information content (AvgIpc) is 2.71. The summed E-state index contributed by atoms with van der Waals surface area (Å²) < 4.78 is 10.9. The first-order chi connectivity index (χ1) is 9.46. The number of hydrogen-bond donors (Lipinski definition) is 1. The fraction of sp³-hybridized carbons (Fsp3) is 0.562. The van der Waals surface area contributed by atoms with Crippen molar-refractivity contribution in [1.29, 1.82) is 0 Å². The van der Waals surface area contributed by atoms with Gasteiger partial charge >= 0.3 is 5.97 Å². The smallest absolute Gasteiger partial charge is 0.307 e. The Hall–Kier alpha value is -1.55. The first kappa shape index (κ1) is 14.9. The van der Waals surface area contributed by atoms with Crippen molar-refractivity contribution in [2.45, 2.75) is 45.3 Å². The predicted octanol–water partition coefficient (Wildman–Crippen LogP) is 2.61. The maximum Gasteiger partial charge on any atom is 0.307 e. The number of esters is 1. The van der Waals surface area contributed by atoms with Gasteiger partial charge in [0.2, 0.25) is 0 Å². The van der Waals surface area contributed by atoms with Gasteiger partial charge in [0.25, 0.3) is 0 Å². The molecule has 1 atom stereocenters. The van der Waals surface area contributed by atoms with Gasteiger partial charge in [-0.2, -0.15) is 0 Å². The van der Waals surface area contributed by atoms with Crippen LogP contribution in [-0.4, -0.2) is 25.2 Å². The Kier molecular flexibility index (Phi) is 4.33. The van der Waals surface area contributed by atoms with E-state index in [2.05, 4.69) is 25.2 Å². The number of hydrogen-bond acceptors (Lipinski definition) is 4. The van der Waals surface area contributed by atoms with Crippen molar-refractivity contribution in [3.8, 4) is 5.75 Å². The number of ether oxygens (including phenoxy) is 2. The number of nitrogens with one attached hydrogen (secondary N) is 1. The Morgan fingerprint density at radius 1 is 1.50 bits per heavy atom. The van der Waals surface area contributed by atoms with Crippen molar-refractivity contribution in [3.63, 3.8) is 0 Å². The summed E-state index contributed by atoms with van der Waals surface area (Å²) in [4.78, 5) is 11.6. The SMILES string of the molecule is CCNC(CC(=O)OC)c1cccc2c1OC(C)(C)C2. The van der Waals surface area contributed by atoms with Crippen LogP contribution < -0.4 is 10.1 Å². The molecule has 1 N–H and O–H groups in total. The summed E-state index contributed by atoms with van der Waals surface area (Å²) in [7, 11) is 1.42. The van der Waals surface area contributed by atoms with Crippen LogP contribution >= 0.6 is 0 Å². The van der Waals surface area contributed by atoms with Crippen molar-refractivity contribution in [2.24, 2.45) is 0 Å². The van der Waals surface area contributed by atoms with Crippen molar-refractivity contribution in [2.75, 3.05) is 13.7 Å². The highest BCUT2D eigenvalue weighted by Gasteiger charge is 2.33. The van der Waals surface area contributed by atoms with Gasteiger partial charge in [-0.1, -0.05) is 25.1 Å². The first-order valence-corrected chi connectivity index (χ1v) is 7.08. The summed E-state index contributed by atoms with van der Waals surface area (Å²) >= 11 is 0. The van der Waals surface area contributed by atoms with Crippen LogP contribution in [0.25, 0.3) is 0 Å². The lowest BCUT2D eigenvalue weighted by Crippen LogP contribution is -2.27. The van der Waals surface area contributed by atoms with Crippen LogP contribution in [0.3, 0.4) is 0 Å². The minimum atomic E-state index is -0.217. The van der Waals surface area contributed by atoms with Gasteiger partial charge in [-0.15, -0.1) is 0 Å². The molecule has 0 aliphatic carbocycles. The number of rotatable bonds is 5. The Morgan fingerprint density at radius 2 is 2.25 bits per heavy atom. The second-order valence-corrected chi connectivity index (χ2v) is 5.76. The zero-order valence-electron chi connectivity index (χ0n) is 12.7. The lowest BCUT2D eigenvalue weighted by atomic mass is 9.97. The zero-order valence-corrected chi connectivity index (χ0v) is 12.7. The summed E-state index contributed by atoms with van der Waals surface area (Å²) in [5.74, 6) is 0.707. The van der Waals surface area contributed by atoms with E-state index in [1.54, 1.807) is 0 Å². The number of carbonyl (C=O) groups is 1. The molecule has 0 bridgehead atoms. The summed E-state index contributed by atoms with van der Waals surface area (Å²) in [6.45, 7) is 6.98. The third-order valence-corrected chi connectivity index (χ3v) is 3.55. The minimum Gasteiger partial charge on any atom is -0.487 e. The van der Waals surface area contributed by atoms with E-state index in [0.29, 0.717) is 6.42 Å². The Balaban J connectivity index is 2.31. The van der Waals surface area contributed by atoms with E-state index >= 15 is 0 Å². The van der Waals surface area contributed by atoms with E-state index in [-0.39, 0.29) is 17.6 Å². The van der Waals surface area contributed by atoms with Crippen molar-refractivity contribution < 1.29 is 14.3 Å². The molecule has 4 nitrogen and oxygen atoms in total. The molecule has 110 valence electrons. The zero-order chi connectivity index (χ0) is 14.8. The molecule has 1 aliphatic rings. The molecule has 20 heavy (non-hydrogen) atoms. The highest BCUT2D eigenvalue weighted by Crippen LogP contribution is 2.40. The lowest BCUT2D eigenvalue weighted by Gasteiger charge is -2.22. The van der Waals surface area contributed by atoms with E-state index < -0.39 is 0 Å². The van der Waals surface area contributed by atoms with Crippen molar-refractivity contribution in [1.82, 2.24) is 5.32 Å². The number of fused-ring (bicyclic) bond motifs is 1. The number of carbonyl (C=O) groups excluding carboxylic acids is 1. The quantitative estimate of drug-likeness (QED) is 0.840. The maximum atomic E-state index is 11.6. The standard InChI is InChI=1S/C16H23NO3/c1-5-17-13(9-14(18)19-4)12-8-6-7-11-10-16(2,3)20-15(11)12/h6-8,13,17H,5,9-10H2,1-4H3. The number of methoxy groups -OCH3 is 1. The molecule has 4 heteroatoms. The number of para-hydroxylation sites is 1. The van der Waals surface area contributed by atoms with Gasteiger partial charge in [0.15, 0.2) is 0 Å². The molecule has 0 saturated carbocycles. The molecular formula is C16H23NO3. The average molecular weight is 277 g/mol. The molecule has 0 spiro atoms. The Bertz CT molecular complexity index is 496. The van der Waals surface area contributed by atoms with Crippen molar-refractivity contribution in [3.05, 3.63) is 29.3 Å². The summed E-state index contributed by atoms with van der Waals surface area (Å²) in [5, 5.41) is 3.34. The molecule has 1 heterocycles. The third kappa shape index (κ3) is 3.12. The van der Waals surface area contributed by atoms with Crippen LogP contribution in [-0.2, 0) is 16.0 Å². The molecule has 1 aromatic carbocycles. The van der Waals surface area contributed by atoms with Crippen LogP contribution in [0.2, 0.25) is 0 Å². The fourth-order valence-corrected chi connectivity index (χ4v) is 2.70. The molecule has 1 aromatic rings. The molecule has 0 saturated heterocycles. The monoisotopic (exact) mass is 277 g/mol. The topological polar surface area (TPSA) is 47.6 Å². The Labute approximate surface area is 120 Å². The van der Waals surface area contributed by atoms with Gasteiger partial charge in [-0.3, -0.25) is 4.79 Å². The van der Waals surface area contributed by atoms with Crippen LogP contribution in [0.15, 0.2) is 18.2 Å². The molecule has 0 fully saturated rings. The summed E-state index contributed by atoms with van der Waals surface area (Å²) in [5.41, 5.74) is 2.07. The number of benzene rings is 1. The lowest BCUT2D eigenvalue weighted by molar-refractivity contribution is -0.141.